The Morgan fingerprint density at radius 2 is 1.40 bits per heavy atom. The van der Waals surface area contributed by atoms with E-state index < -0.39 is 0 Å². The van der Waals surface area contributed by atoms with Gasteiger partial charge in [0.1, 0.15) is 11.4 Å². The van der Waals surface area contributed by atoms with Crippen LogP contribution in [0.4, 0.5) is 11.4 Å². The van der Waals surface area contributed by atoms with Gasteiger partial charge in [-0.05, 0) is 23.6 Å². The average molecular weight is 272 g/mol. The van der Waals surface area contributed by atoms with E-state index in [0.29, 0.717) is 5.69 Å². The summed E-state index contributed by atoms with van der Waals surface area (Å²) in [5.41, 5.74) is 1.26. The van der Waals surface area contributed by atoms with E-state index in [4.69, 9.17) is 0 Å². The molecule has 0 saturated heterocycles. The van der Waals surface area contributed by atoms with Gasteiger partial charge in [0, 0.05) is 5.39 Å². The Morgan fingerprint density at radius 1 is 0.700 bits per heavy atom. The molecule has 0 aliphatic carbocycles. The van der Waals surface area contributed by atoms with Crippen molar-refractivity contribution in [1.29, 1.82) is 0 Å². The average Bonchev–Trinajstić information content (AvgIpc) is 2.47. The van der Waals surface area contributed by atoms with E-state index in [-0.39, 0.29) is 35.3 Å². The maximum atomic E-state index is 9.93. The first-order chi connectivity index (χ1) is 9.34. The Hall–Kier alpha value is -1.68. The molecular weight excluding hydrogens is 259 g/mol. The fraction of sp³-hybridized carbons (Fsp3) is 0. The second-order valence-electron chi connectivity index (χ2n) is 4.19. The van der Waals surface area contributed by atoms with Crippen LogP contribution in [0, 0.1) is 0 Å². The van der Waals surface area contributed by atoms with Gasteiger partial charge in [0.15, 0.2) is 0 Å². The number of hydrogen-bond acceptors (Lipinski definition) is 3. The third kappa shape index (κ3) is 3.07. The van der Waals surface area contributed by atoms with Gasteiger partial charge in [-0.3, -0.25) is 0 Å². The summed E-state index contributed by atoms with van der Waals surface area (Å²) in [5, 5.41) is 20.2. The SMILES string of the molecule is Oc1ccc2ccccc2c1N=Nc1ccccc1.[NaH]. The molecule has 0 amide bonds. The van der Waals surface area contributed by atoms with E-state index in [9.17, 15) is 5.11 Å². The molecule has 0 heterocycles. The molecule has 3 aromatic rings. The zero-order chi connectivity index (χ0) is 13.1. The monoisotopic (exact) mass is 272 g/mol. The normalized spacial score (nSPS) is 10.6. The van der Waals surface area contributed by atoms with Crippen LogP contribution in [0.2, 0.25) is 0 Å². The first-order valence-electron chi connectivity index (χ1n) is 6.02. The first kappa shape index (κ1) is 14.7. The van der Waals surface area contributed by atoms with Gasteiger partial charge >= 0.3 is 29.6 Å². The van der Waals surface area contributed by atoms with Crippen molar-refractivity contribution in [1.82, 2.24) is 0 Å². The molecule has 3 nitrogen and oxygen atoms in total. The van der Waals surface area contributed by atoms with Gasteiger partial charge < -0.3 is 5.11 Å². The first-order valence-corrected chi connectivity index (χ1v) is 6.02. The van der Waals surface area contributed by atoms with E-state index in [1.807, 2.05) is 60.7 Å². The van der Waals surface area contributed by atoms with Crippen LogP contribution in [0.1, 0.15) is 0 Å². The summed E-state index contributed by atoms with van der Waals surface area (Å²) in [7, 11) is 0. The Labute approximate surface area is 139 Å². The topological polar surface area (TPSA) is 45.0 Å². The Bertz CT molecular complexity index is 742. The molecule has 0 saturated carbocycles. The summed E-state index contributed by atoms with van der Waals surface area (Å²) >= 11 is 0. The van der Waals surface area contributed by atoms with Crippen LogP contribution in [0.15, 0.2) is 77.0 Å². The van der Waals surface area contributed by atoms with Gasteiger partial charge in [-0.1, -0.05) is 48.5 Å². The number of azo groups is 1. The van der Waals surface area contributed by atoms with Gasteiger partial charge in [0.25, 0.3) is 0 Å². The van der Waals surface area contributed by atoms with E-state index in [2.05, 4.69) is 10.2 Å². The number of rotatable bonds is 2. The van der Waals surface area contributed by atoms with Crippen molar-refractivity contribution in [3.63, 3.8) is 0 Å². The molecule has 0 atom stereocenters. The van der Waals surface area contributed by atoms with Gasteiger partial charge in [0.2, 0.25) is 0 Å². The molecule has 0 aromatic heterocycles. The molecule has 0 radical (unpaired) electrons. The predicted molar refractivity (Wildman–Crippen MR) is 83.4 cm³/mol. The third-order valence-electron chi connectivity index (χ3n) is 2.90. The number of hydrogen-bond donors (Lipinski definition) is 1. The molecule has 1 N–H and O–H groups in total. The number of phenols is 1. The summed E-state index contributed by atoms with van der Waals surface area (Å²) < 4.78 is 0. The van der Waals surface area contributed by atoms with Gasteiger partial charge in [-0.15, -0.1) is 5.11 Å². The van der Waals surface area contributed by atoms with Crippen LogP contribution >= 0.6 is 0 Å². The van der Waals surface area contributed by atoms with Crippen LogP contribution in [0.3, 0.4) is 0 Å². The summed E-state index contributed by atoms with van der Waals surface area (Å²) in [6.07, 6.45) is 0. The van der Waals surface area contributed by atoms with Gasteiger partial charge in [-0.2, -0.15) is 5.11 Å². The number of benzene rings is 3. The minimum absolute atomic E-state index is 0. The minimum atomic E-state index is 0. The summed E-state index contributed by atoms with van der Waals surface area (Å²) in [4.78, 5) is 0. The molecule has 0 spiro atoms. The van der Waals surface area contributed by atoms with Crippen molar-refractivity contribution in [2.75, 3.05) is 0 Å². The Balaban J connectivity index is 0.00000147. The molecule has 0 aliphatic heterocycles. The van der Waals surface area contributed by atoms with Crippen LogP contribution in [-0.4, -0.2) is 34.7 Å². The third-order valence-corrected chi connectivity index (χ3v) is 2.90. The van der Waals surface area contributed by atoms with Crippen LogP contribution in [0.5, 0.6) is 5.75 Å². The van der Waals surface area contributed by atoms with Crippen molar-refractivity contribution >= 4 is 51.7 Å². The molecule has 4 heteroatoms. The molecule has 0 fully saturated rings. The van der Waals surface area contributed by atoms with Crippen molar-refractivity contribution in [3.8, 4) is 5.75 Å². The molecule has 0 aliphatic rings. The van der Waals surface area contributed by atoms with E-state index in [1.165, 1.54) is 0 Å². The second kappa shape index (κ2) is 6.66. The molecule has 94 valence electrons. The number of aromatic hydroxyl groups is 1. The Kier molecular flexibility index (Phi) is 4.90. The zero-order valence-electron chi connectivity index (χ0n) is 10.2. The summed E-state index contributed by atoms with van der Waals surface area (Å²) in [6, 6.07) is 20.7. The molecule has 0 bridgehead atoms. The summed E-state index contributed by atoms with van der Waals surface area (Å²) in [5.74, 6) is 0.137. The second-order valence-corrected chi connectivity index (χ2v) is 4.19. The molecule has 3 rings (SSSR count). The van der Waals surface area contributed by atoms with E-state index in [0.717, 1.165) is 16.5 Å². The molecule has 0 unspecified atom stereocenters. The fourth-order valence-electron chi connectivity index (χ4n) is 1.95. The van der Waals surface area contributed by atoms with Gasteiger partial charge in [0.05, 0.1) is 5.69 Å². The predicted octanol–water partition coefficient (Wildman–Crippen LogP) is 4.31. The van der Waals surface area contributed by atoms with Crippen LogP contribution in [-0.2, 0) is 0 Å². The van der Waals surface area contributed by atoms with Crippen molar-refractivity contribution in [3.05, 3.63) is 66.7 Å². The summed E-state index contributed by atoms with van der Waals surface area (Å²) in [6.45, 7) is 0. The maximum absolute atomic E-state index is 9.93. The molecule has 3 aromatic carbocycles. The Morgan fingerprint density at radius 3 is 2.20 bits per heavy atom. The number of phenolic OH excluding ortho intramolecular Hbond substituents is 1. The van der Waals surface area contributed by atoms with Crippen molar-refractivity contribution in [2.24, 2.45) is 10.2 Å². The van der Waals surface area contributed by atoms with Crippen molar-refractivity contribution in [2.45, 2.75) is 0 Å². The quantitative estimate of drug-likeness (QED) is 0.548. The van der Waals surface area contributed by atoms with Crippen LogP contribution < -0.4 is 0 Å². The fourth-order valence-corrected chi connectivity index (χ4v) is 1.95. The van der Waals surface area contributed by atoms with E-state index >= 15 is 0 Å². The molecule has 20 heavy (non-hydrogen) atoms. The standard InChI is InChI=1S/C16H12N2O.Na.H/c19-15-11-10-12-6-4-5-9-14(12)16(15)18-17-13-7-2-1-3-8-13;;/h1-11,19H;;. The van der Waals surface area contributed by atoms with Crippen LogP contribution in [0.25, 0.3) is 10.8 Å². The molecular formula is C16H13N2NaO. The number of fused-ring (bicyclic) bond motifs is 1. The number of nitrogens with zero attached hydrogens (tertiary/aromatic N) is 2. The van der Waals surface area contributed by atoms with Crippen molar-refractivity contribution < 1.29 is 5.11 Å². The zero-order valence-corrected chi connectivity index (χ0v) is 10.2. The van der Waals surface area contributed by atoms with E-state index in [1.54, 1.807) is 6.07 Å². The van der Waals surface area contributed by atoms with Gasteiger partial charge in [-0.25, -0.2) is 0 Å².